The number of pyridine rings is 1. The number of carbonyl (C=O) groups is 1. The average Bonchev–Trinajstić information content (AvgIpc) is 3.08. The SMILES string of the molecule is CCC(=O)NC(c1ccco1)c1ccc2cccnc2c1O. The summed E-state index contributed by atoms with van der Waals surface area (Å²) in [6, 6.07) is 10.3. The van der Waals surface area contributed by atoms with Crippen LogP contribution in [0, 0.1) is 0 Å². The molecule has 0 aliphatic heterocycles. The first-order valence-electron chi connectivity index (χ1n) is 7.10. The molecule has 0 aliphatic carbocycles. The molecule has 0 bridgehead atoms. The second kappa shape index (κ2) is 5.89. The molecule has 0 saturated carbocycles. The van der Waals surface area contributed by atoms with Gasteiger partial charge in [-0.3, -0.25) is 9.78 Å². The maximum Gasteiger partial charge on any atom is 0.220 e. The van der Waals surface area contributed by atoms with Crippen molar-refractivity contribution in [1.29, 1.82) is 0 Å². The van der Waals surface area contributed by atoms with Gasteiger partial charge in [-0.05, 0) is 18.2 Å². The maximum atomic E-state index is 11.8. The lowest BCUT2D eigenvalue weighted by Gasteiger charge is -2.18. The van der Waals surface area contributed by atoms with E-state index in [9.17, 15) is 9.90 Å². The van der Waals surface area contributed by atoms with Crippen molar-refractivity contribution in [2.24, 2.45) is 0 Å². The van der Waals surface area contributed by atoms with Crippen molar-refractivity contribution in [2.75, 3.05) is 0 Å². The van der Waals surface area contributed by atoms with E-state index in [2.05, 4.69) is 10.3 Å². The third-order valence-electron chi connectivity index (χ3n) is 3.54. The molecule has 2 aromatic heterocycles. The number of fused-ring (bicyclic) bond motifs is 1. The number of phenolic OH excluding ortho intramolecular Hbond substituents is 1. The van der Waals surface area contributed by atoms with Gasteiger partial charge < -0.3 is 14.8 Å². The lowest BCUT2D eigenvalue weighted by Crippen LogP contribution is -2.28. The van der Waals surface area contributed by atoms with Crippen molar-refractivity contribution in [2.45, 2.75) is 19.4 Å². The van der Waals surface area contributed by atoms with E-state index < -0.39 is 6.04 Å². The lowest BCUT2D eigenvalue weighted by atomic mass is 10.0. The summed E-state index contributed by atoms with van der Waals surface area (Å²) in [5.41, 5.74) is 1.06. The van der Waals surface area contributed by atoms with Crippen molar-refractivity contribution in [3.05, 3.63) is 60.2 Å². The van der Waals surface area contributed by atoms with Gasteiger partial charge in [0.15, 0.2) is 0 Å². The zero-order chi connectivity index (χ0) is 15.5. The fraction of sp³-hybridized carbons (Fsp3) is 0.176. The zero-order valence-electron chi connectivity index (χ0n) is 12.1. The van der Waals surface area contributed by atoms with Crippen molar-refractivity contribution < 1.29 is 14.3 Å². The van der Waals surface area contributed by atoms with Crippen LogP contribution >= 0.6 is 0 Å². The van der Waals surface area contributed by atoms with Crippen molar-refractivity contribution in [1.82, 2.24) is 10.3 Å². The Morgan fingerprint density at radius 3 is 2.91 bits per heavy atom. The molecule has 0 saturated heterocycles. The van der Waals surface area contributed by atoms with E-state index in [0.717, 1.165) is 5.39 Å². The summed E-state index contributed by atoms with van der Waals surface area (Å²) in [6.07, 6.45) is 3.51. The standard InChI is InChI=1S/C17H16N2O3/c1-2-14(20)19-16(13-6-4-10-22-13)12-8-7-11-5-3-9-18-15(11)17(12)21/h3-10,16,21H,2H2,1H3,(H,19,20). The van der Waals surface area contributed by atoms with Gasteiger partial charge in [0, 0.05) is 23.6 Å². The molecule has 1 atom stereocenters. The first kappa shape index (κ1) is 14.1. The maximum absolute atomic E-state index is 11.8. The van der Waals surface area contributed by atoms with Gasteiger partial charge in [0.05, 0.1) is 6.26 Å². The Hall–Kier alpha value is -2.82. The third-order valence-corrected chi connectivity index (χ3v) is 3.54. The van der Waals surface area contributed by atoms with Crippen LogP contribution in [0.5, 0.6) is 5.75 Å². The van der Waals surface area contributed by atoms with Crippen LogP contribution in [0.3, 0.4) is 0 Å². The second-order valence-corrected chi connectivity index (χ2v) is 4.95. The molecule has 0 radical (unpaired) electrons. The lowest BCUT2D eigenvalue weighted by molar-refractivity contribution is -0.121. The van der Waals surface area contributed by atoms with Crippen LogP contribution in [-0.4, -0.2) is 16.0 Å². The molecule has 3 rings (SSSR count). The van der Waals surface area contributed by atoms with Crippen LogP contribution in [0.1, 0.15) is 30.7 Å². The highest BCUT2D eigenvalue weighted by Gasteiger charge is 2.23. The first-order chi connectivity index (χ1) is 10.7. The minimum Gasteiger partial charge on any atom is -0.505 e. The van der Waals surface area contributed by atoms with Crippen LogP contribution in [0.25, 0.3) is 10.9 Å². The number of aromatic hydroxyl groups is 1. The van der Waals surface area contributed by atoms with Crippen LogP contribution in [0.4, 0.5) is 0 Å². The minimum atomic E-state index is -0.547. The van der Waals surface area contributed by atoms with E-state index >= 15 is 0 Å². The molecule has 5 nitrogen and oxygen atoms in total. The van der Waals surface area contributed by atoms with Crippen LogP contribution in [-0.2, 0) is 4.79 Å². The normalized spacial score (nSPS) is 12.2. The molecular weight excluding hydrogens is 280 g/mol. The number of furan rings is 1. The molecule has 1 aromatic carbocycles. The number of nitrogens with zero attached hydrogens (tertiary/aromatic N) is 1. The number of carbonyl (C=O) groups excluding carboxylic acids is 1. The Balaban J connectivity index is 2.11. The molecule has 3 aromatic rings. The molecule has 0 spiro atoms. The predicted octanol–water partition coefficient (Wildman–Crippen LogP) is 3.15. The fourth-order valence-electron chi connectivity index (χ4n) is 2.40. The quantitative estimate of drug-likeness (QED) is 0.775. The monoisotopic (exact) mass is 296 g/mol. The number of nitrogens with one attached hydrogen (secondary N) is 1. The molecule has 5 heteroatoms. The van der Waals surface area contributed by atoms with Gasteiger partial charge in [-0.15, -0.1) is 0 Å². The number of hydrogen-bond donors (Lipinski definition) is 2. The molecule has 112 valence electrons. The summed E-state index contributed by atoms with van der Waals surface area (Å²) in [6.45, 7) is 1.77. The van der Waals surface area contributed by atoms with Crippen LogP contribution < -0.4 is 5.32 Å². The minimum absolute atomic E-state index is 0.0518. The van der Waals surface area contributed by atoms with Crippen molar-refractivity contribution >= 4 is 16.8 Å². The van der Waals surface area contributed by atoms with Gasteiger partial charge in [0.2, 0.25) is 5.91 Å². The number of rotatable bonds is 4. The predicted molar refractivity (Wildman–Crippen MR) is 82.4 cm³/mol. The summed E-state index contributed by atoms with van der Waals surface area (Å²) >= 11 is 0. The molecule has 1 unspecified atom stereocenters. The molecule has 1 amide bonds. The number of hydrogen-bond acceptors (Lipinski definition) is 4. The summed E-state index contributed by atoms with van der Waals surface area (Å²) in [5, 5.41) is 14.3. The third kappa shape index (κ3) is 2.53. The molecule has 0 fully saturated rings. The topological polar surface area (TPSA) is 75.4 Å². The van der Waals surface area contributed by atoms with Crippen molar-refractivity contribution in [3.63, 3.8) is 0 Å². The zero-order valence-corrected chi connectivity index (χ0v) is 12.1. The van der Waals surface area contributed by atoms with E-state index in [-0.39, 0.29) is 11.7 Å². The van der Waals surface area contributed by atoms with Crippen LogP contribution in [0.2, 0.25) is 0 Å². The van der Waals surface area contributed by atoms with E-state index in [4.69, 9.17) is 4.42 Å². The highest BCUT2D eigenvalue weighted by molar-refractivity contribution is 5.86. The molecule has 2 heterocycles. The van der Waals surface area contributed by atoms with Gasteiger partial charge in [-0.1, -0.05) is 25.1 Å². The number of amides is 1. The summed E-state index contributed by atoms with van der Waals surface area (Å²) < 4.78 is 5.42. The van der Waals surface area contributed by atoms with Gasteiger partial charge in [-0.25, -0.2) is 0 Å². The Bertz CT molecular complexity index is 797. The molecule has 2 N–H and O–H groups in total. The summed E-state index contributed by atoms with van der Waals surface area (Å²) in [7, 11) is 0. The number of phenols is 1. The number of aromatic nitrogens is 1. The van der Waals surface area contributed by atoms with Gasteiger partial charge in [-0.2, -0.15) is 0 Å². The Morgan fingerprint density at radius 1 is 1.32 bits per heavy atom. The number of benzene rings is 1. The highest BCUT2D eigenvalue weighted by atomic mass is 16.3. The van der Waals surface area contributed by atoms with Gasteiger partial charge in [0.25, 0.3) is 0 Å². The average molecular weight is 296 g/mol. The summed E-state index contributed by atoms with van der Waals surface area (Å²) in [4.78, 5) is 16.0. The van der Waals surface area contributed by atoms with E-state index in [1.807, 2.05) is 18.2 Å². The Labute approximate surface area is 127 Å². The van der Waals surface area contributed by atoms with Gasteiger partial charge >= 0.3 is 0 Å². The smallest absolute Gasteiger partial charge is 0.220 e. The van der Waals surface area contributed by atoms with Crippen molar-refractivity contribution in [3.8, 4) is 5.75 Å². The van der Waals surface area contributed by atoms with E-state index in [0.29, 0.717) is 23.3 Å². The second-order valence-electron chi connectivity index (χ2n) is 4.95. The highest BCUT2D eigenvalue weighted by Crippen LogP contribution is 2.34. The molecular formula is C17H16N2O3. The molecule has 0 aliphatic rings. The Kier molecular flexibility index (Phi) is 3.78. The summed E-state index contributed by atoms with van der Waals surface area (Å²) in [5.74, 6) is 0.491. The van der Waals surface area contributed by atoms with Gasteiger partial charge in [0.1, 0.15) is 23.1 Å². The van der Waals surface area contributed by atoms with E-state index in [1.165, 1.54) is 6.26 Å². The van der Waals surface area contributed by atoms with E-state index in [1.54, 1.807) is 31.3 Å². The largest absolute Gasteiger partial charge is 0.505 e. The fourth-order valence-corrected chi connectivity index (χ4v) is 2.40. The first-order valence-corrected chi connectivity index (χ1v) is 7.10. The Morgan fingerprint density at radius 2 is 2.18 bits per heavy atom. The molecule has 22 heavy (non-hydrogen) atoms. The van der Waals surface area contributed by atoms with Crippen LogP contribution in [0.15, 0.2) is 53.3 Å².